The molecule has 0 saturated carbocycles. The van der Waals surface area contributed by atoms with Gasteiger partial charge in [0.1, 0.15) is 11.6 Å². The number of aromatic nitrogens is 1. The van der Waals surface area contributed by atoms with Gasteiger partial charge in [0.15, 0.2) is 0 Å². The molecule has 1 fully saturated rings. The molecule has 0 aliphatic carbocycles. The Hall–Kier alpha value is -3.38. The van der Waals surface area contributed by atoms with Crippen molar-refractivity contribution >= 4 is 17.4 Å². The van der Waals surface area contributed by atoms with E-state index >= 15 is 0 Å². The fraction of sp³-hybridized carbons (Fsp3) is 0.280. The monoisotopic (exact) mass is 416 g/mol. The summed E-state index contributed by atoms with van der Waals surface area (Å²) in [6.07, 6.45) is 1.73. The molecule has 0 bridgehead atoms. The summed E-state index contributed by atoms with van der Waals surface area (Å²) in [4.78, 5) is 21.7. The topological polar surface area (TPSA) is 57.7 Å². The Bertz CT molecular complexity index is 1010. The summed E-state index contributed by atoms with van der Waals surface area (Å²) in [5.74, 6) is 1.71. The normalized spacial score (nSPS) is 14.3. The van der Waals surface area contributed by atoms with Crippen molar-refractivity contribution in [2.75, 3.05) is 43.5 Å². The summed E-state index contributed by atoms with van der Waals surface area (Å²) in [6, 6.07) is 19.7. The number of amides is 1. The Morgan fingerprint density at radius 1 is 1.03 bits per heavy atom. The highest BCUT2D eigenvalue weighted by molar-refractivity contribution is 6.04. The van der Waals surface area contributed by atoms with E-state index in [1.807, 2.05) is 55.5 Å². The fourth-order valence-electron chi connectivity index (χ4n) is 3.76. The molecule has 1 saturated heterocycles. The van der Waals surface area contributed by atoms with E-state index in [4.69, 9.17) is 4.74 Å². The Morgan fingerprint density at radius 2 is 1.81 bits per heavy atom. The maximum absolute atomic E-state index is 12.4. The second-order valence-corrected chi connectivity index (χ2v) is 7.84. The molecule has 3 aromatic rings. The van der Waals surface area contributed by atoms with Gasteiger partial charge >= 0.3 is 0 Å². The minimum Gasteiger partial charge on any atom is -0.497 e. The van der Waals surface area contributed by atoms with Gasteiger partial charge in [0.2, 0.25) is 0 Å². The molecule has 1 aliphatic rings. The van der Waals surface area contributed by atoms with Gasteiger partial charge in [-0.3, -0.25) is 9.69 Å². The third-order valence-corrected chi connectivity index (χ3v) is 5.55. The Labute approximate surface area is 183 Å². The number of anilines is 2. The molecule has 6 heteroatoms. The third-order valence-electron chi connectivity index (χ3n) is 5.55. The molecule has 6 nitrogen and oxygen atoms in total. The summed E-state index contributed by atoms with van der Waals surface area (Å²) in [5.41, 5.74) is 3.71. The summed E-state index contributed by atoms with van der Waals surface area (Å²) in [6.45, 7) is 6.74. The number of piperazine rings is 1. The molecular weight excluding hydrogens is 388 g/mol. The molecule has 1 amide bonds. The number of aryl methyl sites for hydroxylation is 1. The lowest BCUT2D eigenvalue weighted by Gasteiger charge is -2.35. The van der Waals surface area contributed by atoms with Crippen molar-refractivity contribution in [3.05, 3.63) is 83.6 Å². The minimum atomic E-state index is -0.120. The van der Waals surface area contributed by atoms with Crippen LogP contribution in [-0.2, 0) is 6.54 Å². The van der Waals surface area contributed by atoms with Crippen LogP contribution >= 0.6 is 0 Å². The summed E-state index contributed by atoms with van der Waals surface area (Å²) in [5, 5.41) is 2.92. The van der Waals surface area contributed by atoms with Crippen LogP contribution in [-0.4, -0.2) is 49.1 Å². The van der Waals surface area contributed by atoms with E-state index in [1.54, 1.807) is 13.3 Å². The molecule has 2 aromatic carbocycles. The van der Waals surface area contributed by atoms with Crippen LogP contribution < -0.4 is 15.0 Å². The lowest BCUT2D eigenvalue weighted by molar-refractivity contribution is 0.102. The van der Waals surface area contributed by atoms with Crippen LogP contribution in [0.5, 0.6) is 5.75 Å². The van der Waals surface area contributed by atoms with Crippen LogP contribution in [0.15, 0.2) is 66.9 Å². The van der Waals surface area contributed by atoms with E-state index in [0.29, 0.717) is 11.3 Å². The van der Waals surface area contributed by atoms with Crippen molar-refractivity contribution in [3.63, 3.8) is 0 Å². The van der Waals surface area contributed by atoms with E-state index in [2.05, 4.69) is 32.2 Å². The van der Waals surface area contributed by atoms with Crippen LogP contribution in [0.2, 0.25) is 0 Å². The average molecular weight is 417 g/mol. The highest BCUT2D eigenvalue weighted by Gasteiger charge is 2.18. The van der Waals surface area contributed by atoms with Gasteiger partial charge in [-0.1, -0.05) is 29.8 Å². The first kappa shape index (κ1) is 20.9. The first-order valence-electron chi connectivity index (χ1n) is 10.5. The maximum Gasteiger partial charge on any atom is 0.255 e. The Morgan fingerprint density at radius 3 is 2.45 bits per heavy atom. The van der Waals surface area contributed by atoms with E-state index in [-0.39, 0.29) is 5.91 Å². The van der Waals surface area contributed by atoms with Crippen LogP contribution in [0, 0.1) is 6.92 Å². The number of hydrogen-bond donors (Lipinski definition) is 1. The molecular formula is C25H28N4O2. The molecule has 0 radical (unpaired) electrons. The molecule has 2 heterocycles. The van der Waals surface area contributed by atoms with E-state index < -0.39 is 0 Å². The second-order valence-electron chi connectivity index (χ2n) is 7.84. The molecule has 4 rings (SSSR count). The molecule has 1 N–H and O–H groups in total. The summed E-state index contributed by atoms with van der Waals surface area (Å²) in [7, 11) is 1.69. The zero-order valence-corrected chi connectivity index (χ0v) is 18.0. The standard InChI is InChI=1S/C25H28N4O2/c1-19-4-3-5-21(16-19)25(30)27-22-8-11-24(26-17-22)29-14-12-28(13-15-29)18-20-6-9-23(31-2)10-7-20/h3-11,16-17H,12-15,18H2,1-2H3,(H,27,30). The number of carbonyl (C=O) groups is 1. The molecule has 160 valence electrons. The Kier molecular flexibility index (Phi) is 6.48. The number of benzene rings is 2. The molecule has 0 spiro atoms. The van der Waals surface area contributed by atoms with Crippen molar-refractivity contribution in [3.8, 4) is 5.75 Å². The van der Waals surface area contributed by atoms with Crippen LogP contribution in [0.4, 0.5) is 11.5 Å². The van der Waals surface area contributed by atoms with Crippen LogP contribution in [0.3, 0.4) is 0 Å². The molecule has 31 heavy (non-hydrogen) atoms. The number of nitrogens with one attached hydrogen (secondary N) is 1. The van der Waals surface area contributed by atoms with Crippen LogP contribution in [0.25, 0.3) is 0 Å². The predicted molar refractivity (Wildman–Crippen MR) is 124 cm³/mol. The number of ether oxygens (including phenoxy) is 1. The lowest BCUT2D eigenvalue weighted by atomic mass is 10.1. The van der Waals surface area contributed by atoms with Gasteiger partial charge in [0.25, 0.3) is 5.91 Å². The van der Waals surface area contributed by atoms with Gasteiger partial charge in [0.05, 0.1) is 19.0 Å². The van der Waals surface area contributed by atoms with Gasteiger partial charge in [-0.2, -0.15) is 0 Å². The van der Waals surface area contributed by atoms with Gasteiger partial charge < -0.3 is 15.0 Å². The number of hydrogen-bond acceptors (Lipinski definition) is 5. The van der Waals surface area contributed by atoms with E-state index in [1.165, 1.54) is 5.56 Å². The van der Waals surface area contributed by atoms with Gasteiger partial charge in [-0.05, 0) is 48.9 Å². The number of rotatable bonds is 6. The van der Waals surface area contributed by atoms with Crippen molar-refractivity contribution in [2.45, 2.75) is 13.5 Å². The smallest absolute Gasteiger partial charge is 0.255 e. The maximum atomic E-state index is 12.4. The number of methoxy groups -OCH3 is 1. The van der Waals surface area contributed by atoms with Crippen molar-refractivity contribution < 1.29 is 9.53 Å². The fourth-order valence-corrected chi connectivity index (χ4v) is 3.76. The van der Waals surface area contributed by atoms with Crippen molar-refractivity contribution in [2.24, 2.45) is 0 Å². The van der Waals surface area contributed by atoms with Gasteiger partial charge in [0, 0.05) is 38.3 Å². The van der Waals surface area contributed by atoms with Crippen molar-refractivity contribution in [1.82, 2.24) is 9.88 Å². The highest BCUT2D eigenvalue weighted by Crippen LogP contribution is 2.19. The second kappa shape index (κ2) is 9.62. The quantitative estimate of drug-likeness (QED) is 0.659. The third kappa shape index (κ3) is 5.41. The molecule has 1 aromatic heterocycles. The SMILES string of the molecule is COc1ccc(CN2CCN(c3ccc(NC(=O)c4cccc(C)c4)cn3)CC2)cc1. The Balaban J connectivity index is 1.29. The number of nitrogens with zero attached hydrogens (tertiary/aromatic N) is 3. The zero-order valence-electron chi connectivity index (χ0n) is 18.0. The van der Waals surface area contributed by atoms with Crippen LogP contribution in [0.1, 0.15) is 21.5 Å². The van der Waals surface area contributed by atoms with E-state index in [0.717, 1.165) is 49.9 Å². The first-order valence-corrected chi connectivity index (χ1v) is 10.5. The average Bonchev–Trinajstić information content (AvgIpc) is 2.81. The predicted octanol–water partition coefficient (Wildman–Crippen LogP) is 3.97. The largest absolute Gasteiger partial charge is 0.497 e. The highest BCUT2D eigenvalue weighted by atomic mass is 16.5. The summed E-state index contributed by atoms with van der Waals surface area (Å²) >= 11 is 0. The minimum absolute atomic E-state index is 0.120. The number of carbonyl (C=O) groups excluding carboxylic acids is 1. The van der Waals surface area contributed by atoms with E-state index in [9.17, 15) is 4.79 Å². The zero-order chi connectivity index (χ0) is 21.6. The number of pyridine rings is 1. The lowest BCUT2D eigenvalue weighted by Crippen LogP contribution is -2.46. The summed E-state index contributed by atoms with van der Waals surface area (Å²) < 4.78 is 5.23. The first-order chi connectivity index (χ1) is 15.1. The van der Waals surface area contributed by atoms with Gasteiger partial charge in [-0.25, -0.2) is 4.98 Å². The molecule has 1 aliphatic heterocycles. The molecule has 0 unspecified atom stereocenters. The molecule has 0 atom stereocenters. The van der Waals surface area contributed by atoms with Gasteiger partial charge in [-0.15, -0.1) is 0 Å². The van der Waals surface area contributed by atoms with Crippen molar-refractivity contribution in [1.29, 1.82) is 0 Å².